The van der Waals surface area contributed by atoms with Gasteiger partial charge in [-0.1, -0.05) is 36.0 Å². The lowest BCUT2D eigenvalue weighted by Gasteiger charge is -2.09. The van der Waals surface area contributed by atoms with Crippen molar-refractivity contribution in [2.24, 2.45) is 0 Å². The second-order valence-electron chi connectivity index (χ2n) is 6.36. The Hall–Kier alpha value is -3.13. The van der Waals surface area contributed by atoms with Gasteiger partial charge in [0.2, 0.25) is 5.91 Å². The van der Waals surface area contributed by atoms with Crippen LogP contribution in [-0.4, -0.2) is 39.4 Å². The van der Waals surface area contributed by atoms with Gasteiger partial charge < -0.3 is 15.2 Å². The van der Waals surface area contributed by atoms with Gasteiger partial charge in [-0.2, -0.15) is 0 Å². The lowest BCUT2D eigenvalue weighted by molar-refractivity contribution is -0.113. The molecule has 1 heterocycles. The third-order valence-corrected chi connectivity index (χ3v) is 5.38. The highest BCUT2D eigenvalue weighted by Crippen LogP contribution is 2.26. The van der Waals surface area contributed by atoms with Crippen LogP contribution in [0.5, 0.6) is 0 Å². The lowest BCUT2D eigenvalue weighted by Crippen LogP contribution is -2.18. The molecular formula is C21H23N5O2S. The third kappa shape index (κ3) is 4.83. The number of nitrogens with zero attached hydrogens (tertiary/aromatic N) is 3. The van der Waals surface area contributed by atoms with E-state index in [1.54, 1.807) is 31.3 Å². The molecule has 0 saturated carbocycles. The Labute approximate surface area is 173 Å². The number of aryl methyl sites for hydroxylation is 1. The predicted molar refractivity (Wildman–Crippen MR) is 115 cm³/mol. The summed E-state index contributed by atoms with van der Waals surface area (Å²) >= 11 is 1.35. The van der Waals surface area contributed by atoms with Crippen LogP contribution < -0.4 is 10.6 Å². The monoisotopic (exact) mass is 409 g/mol. The molecule has 0 radical (unpaired) electrons. The highest BCUT2D eigenvalue weighted by Gasteiger charge is 2.16. The first-order chi connectivity index (χ1) is 14.0. The minimum Gasteiger partial charge on any atom is -0.355 e. The Bertz CT molecular complexity index is 1010. The van der Waals surface area contributed by atoms with Gasteiger partial charge >= 0.3 is 0 Å². The van der Waals surface area contributed by atoms with Crippen LogP contribution in [0.1, 0.15) is 22.8 Å². The molecular weight excluding hydrogens is 386 g/mol. The summed E-state index contributed by atoms with van der Waals surface area (Å²) in [7, 11) is 1.58. The molecule has 0 aliphatic carbocycles. The van der Waals surface area contributed by atoms with Gasteiger partial charge in [0.15, 0.2) is 11.0 Å². The molecule has 8 heteroatoms. The second kappa shape index (κ2) is 9.38. The van der Waals surface area contributed by atoms with Crippen LogP contribution in [0.25, 0.3) is 11.4 Å². The second-order valence-corrected chi connectivity index (χ2v) is 7.30. The van der Waals surface area contributed by atoms with Crippen LogP contribution >= 0.6 is 11.8 Å². The average molecular weight is 410 g/mol. The fourth-order valence-corrected chi connectivity index (χ4v) is 3.68. The number of rotatable bonds is 7. The molecule has 2 aromatic carbocycles. The number of anilines is 1. The highest BCUT2D eigenvalue weighted by atomic mass is 32.2. The predicted octanol–water partition coefficient (Wildman–Crippen LogP) is 3.36. The number of benzene rings is 2. The van der Waals surface area contributed by atoms with E-state index in [1.807, 2.05) is 42.7 Å². The summed E-state index contributed by atoms with van der Waals surface area (Å²) in [5.74, 6) is 0.703. The topological polar surface area (TPSA) is 88.9 Å². The molecule has 3 aromatic rings. The molecule has 0 saturated heterocycles. The average Bonchev–Trinajstić information content (AvgIpc) is 3.15. The van der Waals surface area contributed by atoms with Crippen molar-refractivity contribution in [2.75, 3.05) is 18.1 Å². The summed E-state index contributed by atoms with van der Waals surface area (Å²) in [6, 6.07) is 14.8. The Morgan fingerprint density at radius 3 is 2.45 bits per heavy atom. The van der Waals surface area contributed by atoms with Gasteiger partial charge in [-0.15, -0.1) is 10.2 Å². The Morgan fingerprint density at radius 1 is 1.07 bits per heavy atom. The van der Waals surface area contributed by atoms with E-state index in [0.29, 0.717) is 23.0 Å². The molecule has 0 fully saturated rings. The van der Waals surface area contributed by atoms with E-state index in [9.17, 15) is 9.59 Å². The van der Waals surface area contributed by atoms with Crippen LogP contribution in [0, 0.1) is 6.92 Å². The molecule has 29 heavy (non-hydrogen) atoms. The fourth-order valence-electron chi connectivity index (χ4n) is 2.88. The van der Waals surface area contributed by atoms with E-state index < -0.39 is 0 Å². The molecule has 3 rings (SSSR count). The molecule has 150 valence electrons. The maximum Gasteiger partial charge on any atom is 0.251 e. The SMILES string of the molecule is CCn1c(SCC(=O)Nc2ccc(C(=O)NC)cc2)nnc1-c1ccccc1C. The van der Waals surface area contributed by atoms with Gasteiger partial charge in [-0.05, 0) is 43.7 Å². The first-order valence-electron chi connectivity index (χ1n) is 9.27. The molecule has 0 aliphatic heterocycles. The quantitative estimate of drug-likeness (QED) is 0.584. The van der Waals surface area contributed by atoms with Crippen LogP contribution in [0.15, 0.2) is 53.7 Å². The molecule has 0 unspecified atom stereocenters. The first kappa shape index (κ1) is 20.6. The zero-order valence-electron chi connectivity index (χ0n) is 16.6. The lowest BCUT2D eigenvalue weighted by atomic mass is 10.1. The minimum absolute atomic E-state index is 0.147. The minimum atomic E-state index is -0.165. The van der Waals surface area contributed by atoms with Gasteiger partial charge in [0.05, 0.1) is 5.75 Å². The zero-order chi connectivity index (χ0) is 20.8. The number of thioether (sulfide) groups is 1. The summed E-state index contributed by atoms with van der Waals surface area (Å²) in [5.41, 5.74) is 3.35. The largest absolute Gasteiger partial charge is 0.355 e. The Balaban J connectivity index is 1.65. The number of carbonyl (C=O) groups is 2. The summed E-state index contributed by atoms with van der Waals surface area (Å²) in [5, 5.41) is 14.7. The van der Waals surface area contributed by atoms with Gasteiger partial charge in [0, 0.05) is 30.4 Å². The van der Waals surface area contributed by atoms with Gasteiger partial charge in [-0.3, -0.25) is 9.59 Å². The number of carbonyl (C=O) groups excluding carboxylic acids is 2. The molecule has 2 amide bonds. The fraction of sp³-hybridized carbons (Fsp3) is 0.238. The van der Waals surface area contributed by atoms with Crippen molar-refractivity contribution in [2.45, 2.75) is 25.5 Å². The zero-order valence-corrected chi connectivity index (χ0v) is 17.4. The molecule has 0 atom stereocenters. The van der Waals surface area contributed by atoms with Crippen LogP contribution in [0.4, 0.5) is 5.69 Å². The number of amides is 2. The van der Waals surface area contributed by atoms with Crippen molar-refractivity contribution in [3.8, 4) is 11.4 Å². The van der Waals surface area contributed by atoms with Crippen molar-refractivity contribution in [3.63, 3.8) is 0 Å². The number of aromatic nitrogens is 3. The maximum atomic E-state index is 12.3. The van der Waals surface area contributed by atoms with E-state index in [0.717, 1.165) is 17.0 Å². The third-order valence-electron chi connectivity index (χ3n) is 4.41. The van der Waals surface area contributed by atoms with E-state index in [1.165, 1.54) is 11.8 Å². The van der Waals surface area contributed by atoms with E-state index in [2.05, 4.69) is 20.8 Å². The van der Waals surface area contributed by atoms with Crippen molar-refractivity contribution in [3.05, 3.63) is 59.7 Å². The summed E-state index contributed by atoms with van der Waals surface area (Å²) in [6.45, 7) is 4.78. The molecule has 0 spiro atoms. The van der Waals surface area contributed by atoms with E-state index in [-0.39, 0.29) is 17.6 Å². The van der Waals surface area contributed by atoms with Crippen LogP contribution in [0.2, 0.25) is 0 Å². The Morgan fingerprint density at radius 2 is 1.79 bits per heavy atom. The molecule has 7 nitrogen and oxygen atoms in total. The Kier molecular flexibility index (Phi) is 6.66. The van der Waals surface area contributed by atoms with E-state index in [4.69, 9.17) is 0 Å². The van der Waals surface area contributed by atoms with Crippen molar-refractivity contribution in [1.29, 1.82) is 0 Å². The van der Waals surface area contributed by atoms with Crippen LogP contribution in [0.3, 0.4) is 0 Å². The summed E-state index contributed by atoms with van der Waals surface area (Å²) in [6.07, 6.45) is 0. The molecule has 2 N–H and O–H groups in total. The van der Waals surface area contributed by atoms with E-state index >= 15 is 0 Å². The number of hydrogen-bond acceptors (Lipinski definition) is 5. The number of hydrogen-bond donors (Lipinski definition) is 2. The molecule has 1 aromatic heterocycles. The van der Waals surface area contributed by atoms with Gasteiger partial charge in [0.25, 0.3) is 5.91 Å². The van der Waals surface area contributed by atoms with Crippen LogP contribution in [-0.2, 0) is 11.3 Å². The summed E-state index contributed by atoms with van der Waals surface area (Å²) in [4.78, 5) is 23.9. The standard InChI is InChI=1S/C21H23N5O2S/c1-4-26-19(17-8-6-5-7-14(17)2)24-25-21(26)29-13-18(27)23-16-11-9-15(10-12-16)20(28)22-3/h5-12H,4,13H2,1-3H3,(H,22,28)(H,23,27). The highest BCUT2D eigenvalue weighted by molar-refractivity contribution is 7.99. The van der Waals surface area contributed by atoms with Gasteiger partial charge in [-0.25, -0.2) is 0 Å². The van der Waals surface area contributed by atoms with Crippen molar-refractivity contribution < 1.29 is 9.59 Å². The summed E-state index contributed by atoms with van der Waals surface area (Å²) < 4.78 is 2.01. The molecule has 0 aliphatic rings. The number of nitrogens with one attached hydrogen (secondary N) is 2. The maximum absolute atomic E-state index is 12.3. The molecule has 0 bridgehead atoms. The van der Waals surface area contributed by atoms with Crippen molar-refractivity contribution in [1.82, 2.24) is 20.1 Å². The smallest absolute Gasteiger partial charge is 0.251 e. The van der Waals surface area contributed by atoms with Gasteiger partial charge in [0.1, 0.15) is 0 Å². The van der Waals surface area contributed by atoms with Crippen molar-refractivity contribution >= 4 is 29.3 Å². The first-order valence-corrected chi connectivity index (χ1v) is 10.3. The normalized spacial score (nSPS) is 10.6.